The number of H-pyrrole nitrogens is 1. The molecule has 1 aromatic rings. The molecule has 1 rings (SSSR count). The monoisotopic (exact) mass is 168 g/mol. The highest BCUT2D eigenvalue weighted by Gasteiger charge is 2.12. The highest BCUT2D eigenvalue weighted by molar-refractivity contribution is 5.32. The van der Waals surface area contributed by atoms with Crippen molar-refractivity contribution < 1.29 is 4.92 Å². The first-order valence-corrected chi connectivity index (χ1v) is 3.37. The van der Waals surface area contributed by atoms with Crippen LogP contribution in [0.2, 0.25) is 0 Å². The topological polar surface area (TPSA) is 76.0 Å². The fourth-order valence-electron chi connectivity index (χ4n) is 0.847. The average molecular weight is 168 g/mol. The minimum absolute atomic E-state index is 0.405. The number of aryl methyl sites for hydroxylation is 2. The number of aromatic nitrogens is 1. The molecule has 0 saturated heterocycles. The van der Waals surface area contributed by atoms with Gasteiger partial charge in [-0.1, -0.05) is 0 Å². The van der Waals surface area contributed by atoms with Crippen LogP contribution in [0.3, 0.4) is 0 Å². The molecule has 64 valence electrons. The van der Waals surface area contributed by atoms with Gasteiger partial charge in [-0.3, -0.25) is 14.9 Å². The van der Waals surface area contributed by atoms with Crippen LogP contribution in [-0.4, -0.2) is 9.91 Å². The smallest absolute Gasteiger partial charge is 0.320 e. The van der Waals surface area contributed by atoms with Gasteiger partial charge in [0.2, 0.25) is 0 Å². The molecule has 0 aliphatic heterocycles. The van der Waals surface area contributed by atoms with Crippen LogP contribution in [0.25, 0.3) is 0 Å². The molecule has 0 fully saturated rings. The highest BCUT2D eigenvalue weighted by Crippen LogP contribution is 2.07. The fraction of sp³-hybridized carbons (Fsp3) is 0.286. The van der Waals surface area contributed by atoms with E-state index in [1.807, 2.05) is 0 Å². The van der Waals surface area contributed by atoms with Crippen molar-refractivity contribution in [1.82, 2.24) is 4.98 Å². The molecule has 1 N–H and O–H groups in total. The maximum Gasteiger partial charge on any atom is 0.334 e. The van der Waals surface area contributed by atoms with Crippen LogP contribution >= 0.6 is 0 Å². The lowest BCUT2D eigenvalue weighted by Gasteiger charge is -1.97. The molecule has 0 saturated carbocycles. The number of nitro groups is 1. The molecule has 0 aromatic carbocycles. The van der Waals surface area contributed by atoms with E-state index in [9.17, 15) is 14.9 Å². The lowest BCUT2D eigenvalue weighted by Crippen LogP contribution is -2.13. The highest BCUT2D eigenvalue weighted by atomic mass is 16.6. The molecule has 0 unspecified atom stereocenters. The van der Waals surface area contributed by atoms with Gasteiger partial charge in [0.1, 0.15) is 0 Å². The van der Waals surface area contributed by atoms with Crippen LogP contribution in [0, 0.1) is 24.0 Å². The predicted octanol–water partition coefficient (Wildman–Crippen LogP) is 0.900. The molecule has 1 aromatic heterocycles. The Labute approximate surface area is 68.2 Å². The molecule has 0 amide bonds. The molecule has 12 heavy (non-hydrogen) atoms. The summed E-state index contributed by atoms with van der Waals surface area (Å²) in [5, 5.41) is 10.3. The van der Waals surface area contributed by atoms with Gasteiger partial charge in [-0.05, 0) is 19.4 Å². The van der Waals surface area contributed by atoms with Crippen molar-refractivity contribution in [3.05, 3.63) is 37.8 Å². The van der Waals surface area contributed by atoms with E-state index in [4.69, 9.17) is 0 Å². The molecular weight excluding hydrogens is 160 g/mol. The summed E-state index contributed by atoms with van der Waals surface area (Å²) in [7, 11) is 0. The van der Waals surface area contributed by atoms with Crippen LogP contribution in [0.15, 0.2) is 10.9 Å². The lowest BCUT2D eigenvalue weighted by atomic mass is 10.2. The Hall–Kier alpha value is -1.65. The number of aromatic amines is 1. The molecule has 5 nitrogen and oxygen atoms in total. The van der Waals surface area contributed by atoms with Gasteiger partial charge in [0, 0.05) is 11.8 Å². The SMILES string of the molecule is Cc1cc([N+](=O)[O-])c(=O)[nH]c1C. The first-order valence-electron chi connectivity index (χ1n) is 3.37. The summed E-state index contributed by atoms with van der Waals surface area (Å²) in [5.74, 6) is 0. The molecule has 0 radical (unpaired) electrons. The van der Waals surface area contributed by atoms with E-state index in [1.165, 1.54) is 6.07 Å². The number of rotatable bonds is 1. The van der Waals surface area contributed by atoms with E-state index in [0.29, 0.717) is 11.3 Å². The summed E-state index contributed by atoms with van der Waals surface area (Å²) < 4.78 is 0. The minimum atomic E-state index is -0.689. The molecule has 1 heterocycles. The molecular formula is C7H8N2O3. The van der Waals surface area contributed by atoms with Gasteiger partial charge in [-0.2, -0.15) is 0 Å². The van der Waals surface area contributed by atoms with E-state index in [2.05, 4.69) is 4.98 Å². The third kappa shape index (κ3) is 1.34. The van der Waals surface area contributed by atoms with Crippen molar-refractivity contribution in [2.75, 3.05) is 0 Å². The lowest BCUT2D eigenvalue weighted by molar-refractivity contribution is -0.386. The first kappa shape index (κ1) is 8.45. The Morgan fingerprint density at radius 3 is 2.58 bits per heavy atom. The van der Waals surface area contributed by atoms with Crippen molar-refractivity contribution in [1.29, 1.82) is 0 Å². The second-order valence-electron chi connectivity index (χ2n) is 2.55. The van der Waals surface area contributed by atoms with Gasteiger partial charge in [-0.25, -0.2) is 0 Å². The number of hydrogen-bond donors (Lipinski definition) is 1. The molecule has 0 aliphatic carbocycles. The normalized spacial score (nSPS) is 9.83. The second-order valence-corrected chi connectivity index (χ2v) is 2.55. The summed E-state index contributed by atoms with van der Waals surface area (Å²) in [6.07, 6.45) is 0. The van der Waals surface area contributed by atoms with Gasteiger partial charge in [0.15, 0.2) is 0 Å². The Morgan fingerprint density at radius 1 is 1.50 bits per heavy atom. The van der Waals surface area contributed by atoms with Gasteiger partial charge in [0.05, 0.1) is 4.92 Å². The Bertz CT molecular complexity index is 381. The number of nitrogens with zero attached hydrogens (tertiary/aromatic N) is 1. The largest absolute Gasteiger partial charge is 0.334 e. The average Bonchev–Trinajstić information content (AvgIpc) is 1.96. The summed E-state index contributed by atoms with van der Waals surface area (Å²) in [6.45, 7) is 3.40. The Kier molecular flexibility index (Phi) is 1.95. The number of nitrogens with one attached hydrogen (secondary N) is 1. The van der Waals surface area contributed by atoms with E-state index < -0.39 is 16.2 Å². The molecule has 0 spiro atoms. The third-order valence-electron chi connectivity index (χ3n) is 1.68. The van der Waals surface area contributed by atoms with E-state index in [0.717, 1.165) is 0 Å². The van der Waals surface area contributed by atoms with Gasteiger partial charge >= 0.3 is 11.2 Å². The van der Waals surface area contributed by atoms with Crippen molar-refractivity contribution in [2.45, 2.75) is 13.8 Å². The predicted molar refractivity (Wildman–Crippen MR) is 43.2 cm³/mol. The second kappa shape index (κ2) is 2.77. The van der Waals surface area contributed by atoms with Crippen molar-refractivity contribution in [2.24, 2.45) is 0 Å². The third-order valence-corrected chi connectivity index (χ3v) is 1.68. The Balaban J connectivity index is 3.43. The zero-order chi connectivity index (χ0) is 9.30. The molecule has 0 aliphatic rings. The van der Waals surface area contributed by atoms with Crippen LogP contribution in [-0.2, 0) is 0 Å². The van der Waals surface area contributed by atoms with Crippen LogP contribution in [0.5, 0.6) is 0 Å². The van der Waals surface area contributed by atoms with Crippen LogP contribution in [0.4, 0.5) is 5.69 Å². The Morgan fingerprint density at radius 2 is 2.08 bits per heavy atom. The van der Waals surface area contributed by atoms with Gasteiger partial charge in [0.25, 0.3) is 0 Å². The summed E-state index contributed by atoms with van der Waals surface area (Å²) in [5.41, 5.74) is 0.313. The zero-order valence-electron chi connectivity index (χ0n) is 6.75. The van der Waals surface area contributed by atoms with Crippen LogP contribution < -0.4 is 5.56 Å². The minimum Gasteiger partial charge on any atom is -0.320 e. The van der Waals surface area contributed by atoms with Gasteiger partial charge in [-0.15, -0.1) is 0 Å². The van der Waals surface area contributed by atoms with Crippen molar-refractivity contribution in [3.8, 4) is 0 Å². The molecule has 0 atom stereocenters. The van der Waals surface area contributed by atoms with Crippen molar-refractivity contribution in [3.63, 3.8) is 0 Å². The standard InChI is InChI=1S/C7H8N2O3/c1-4-3-6(9(11)12)7(10)8-5(4)2/h3H,1-2H3,(H,8,10). The number of pyridine rings is 1. The van der Waals surface area contributed by atoms with Crippen LogP contribution in [0.1, 0.15) is 11.3 Å². The van der Waals surface area contributed by atoms with E-state index in [1.54, 1.807) is 13.8 Å². The van der Waals surface area contributed by atoms with Crippen molar-refractivity contribution >= 4 is 5.69 Å². The maximum absolute atomic E-state index is 10.9. The summed E-state index contributed by atoms with van der Waals surface area (Å²) in [6, 6.07) is 1.27. The van der Waals surface area contributed by atoms with E-state index >= 15 is 0 Å². The molecule has 5 heteroatoms. The fourth-order valence-corrected chi connectivity index (χ4v) is 0.847. The summed E-state index contributed by atoms with van der Waals surface area (Å²) >= 11 is 0. The maximum atomic E-state index is 10.9. The molecule has 0 bridgehead atoms. The van der Waals surface area contributed by atoms with Gasteiger partial charge < -0.3 is 4.98 Å². The van der Waals surface area contributed by atoms with E-state index in [-0.39, 0.29) is 0 Å². The summed E-state index contributed by atoms with van der Waals surface area (Å²) in [4.78, 5) is 22.9. The quantitative estimate of drug-likeness (QED) is 0.500. The number of hydrogen-bond acceptors (Lipinski definition) is 3. The first-order chi connectivity index (χ1) is 5.52. The zero-order valence-corrected chi connectivity index (χ0v) is 6.75.